The van der Waals surface area contributed by atoms with Crippen LogP contribution < -0.4 is 0 Å². The van der Waals surface area contributed by atoms with E-state index in [0.29, 0.717) is 0 Å². The number of hydrogen-bond acceptors (Lipinski definition) is 3. The minimum atomic E-state index is -0.457. The summed E-state index contributed by atoms with van der Waals surface area (Å²) in [5.74, 6) is 1.04. The van der Waals surface area contributed by atoms with Gasteiger partial charge in [0.2, 0.25) is 0 Å². The Hall–Kier alpha value is -1.62. The SMILES string of the molecule is CC(O)c1cnn(CCc2nccn2C)c1. The van der Waals surface area contributed by atoms with Gasteiger partial charge in [0.05, 0.1) is 12.3 Å². The van der Waals surface area contributed by atoms with Gasteiger partial charge in [-0.05, 0) is 6.92 Å². The lowest BCUT2D eigenvalue weighted by Crippen LogP contribution is -2.05. The fraction of sp³-hybridized carbons (Fsp3) is 0.455. The number of imidazole rings is 1. The first kappa shape index (κ1) is 10.9. The highest BCUT2D eigenvalue weighted by atomic mass is 16.3. The molecular formula is C11H16N4O. The molecule has 0 bridgehead atoms. The van der Waals surface area contributed by atoms with E-state index in [1.54, 1.807) is 19.3 Å². The summed E-state index contributed by atoms with van der Waals surface area (Å²) in [6.07, 6.45) is 7.67. The van der Waals surface area contributed by atoms with Gasteiger partial charge in [-0.1, -0.05) is 0 Å². The van der Waals surface area contributed by atoms with Crippen LogP contribution in [-0.4, -0.2) is 24.4 Å². The van der Waals surface area contributed by atoms with Crippen molar-refractivity contribution in [3.63, 3.8) is 0 Å². The molecule has 1 atom stereocenters. The van der Waals surface area contributed by atoms with Crippen LogP contribution in [0.1, 0.15) is 24.4 Å². The summed E-state index contributed by atoms with van der Waals surface area (Å²) in [7, 11) is 1.98. The van der Waals surface area contributed by atoms with Crippen molar-refractivity contribution in [1.82, 2.24) is 19.3 Å². The molecule has 0 aromatic carbocycles. The third-order valence-corrected chi connectivity index (χ3v) is 2.62. The number of aromatic nitrogens is 4. The summed E-state index contributed by atoms with van der Waals surface area (Å²) in [6, 6.07) is 0. The van der Waals surface area contributed by atoms with Crippen LogP contribution in [0.3, 0.4) is 0 Å². The van der Waals surface area contributed by atoms with E-state index < -0.39 is 6.10 Å². The normalized spacial score (nSPS) is 12.9. The molecule has 0 amide bonds. The van der Waals surface area contributed by atoms with Crippen molar-refractivity contribution in [3.05, 3.63) is 36.2 Å². The van der Waals surface area contributed by atoms with Gasteiger partial charge in [0.1, 0.15) is 5.82 Å². The molecule has 2 aromatic heterocycles. The lowest BCUT2D eigenvalue weighted by molar-refractivity contribution is 0.199. The van der Waals surface area contributed by atoms with Crippen LogP contribution in [0.2, 0.25) is 0 Å². The van der Waals surface area contributed by atoms with Crippen molar-refractivity contribution in [2.75, 3.05) is 0 Å². The maximum absolute atomic E-state index is 9.36. The van der Waals surface area contributed by atoms with E-state index in [0.717, 1.165) is 24.4 Å². The van der Waals surface area contributed by atoms with Gasteiger partial charge >= 0.3 is 0 Å². The Morgan fingerprint density at radius 2 is 2.31 bits per heavy atom. The minimum Gasteiger partial charge on any atom is -0.389 e. The summed E-state index contributed by atoms with van der Waals surface area (Å²) in [6.45, 7) is 2.51. The van der Waals surface area contributed by atoms with Crippen molar-refractivity contribution in [2.24, 2.45) is 7.05 Å². The molecular weight excluding hydrogens is 204 g/mol. The summed E-state index contributed by atoms with van der Waals surface area (Å²) >= 11 is 0. The topological polar surface area (TPSA) is 55.9 Å². The predicted octanol–water partition coefficient (Wildman–Crippen LogP) is 0.913. The molecule has 2 aromatic rings. The first-order valence-electron chi connectivity index (χ1n) is 5.33. The molecule has 0 radical (unpaired) electrons. The lowest BCUT2D eigenvalue weighted by Gasteiger charge is -2.02. The van der Waals surface area contributed by atoms with Crippen molar-refractivity contribution in [2.45, 2.75) is 26.0 Å². The van der Waals surface area contributed by atoms with Gasteiger partial charge in [-0.25, -0.2) is 4.98 Å². The molecule has 86 valence electrons. The molecule has 0 aliphatic rings. The summed E-state index contributed by atoms with van der Waals surface area (Å²) in [5, 5.41) is 13.5. The third-order valence-electron chi connectivity index (χ3n) is 2.62. The van der Waals surface area contributed by atoms with Crippen LogP contribution in [0.5, 0.6) is 0 Å². The molecule has 0 aliphatic carbocycles. The number of aryl methyl sites for hydroxylation is 3. The summed E-state index contributed by atoms with van der Waals surface area (Å²) in [4.78, 5) is 4.25. The van der Waals surface area contributed by atoms with E-state index >= 15 is 0 Å². The van der Waals surface area contributed by atoms with Gasteiger partial charge in [-0.15, -0.1) is 0 Å². The Morgan fingerprint density at radius 1 is 1.50 bits per heavy atom. The van der Waals surface area contributed by atoms with Gasteiger partial charge in [-0.2, -0.15) is 5.10 Å². The highest BCUT2D eigenvalue weighted by molar-refractivity contribution is 5.06. The number of nitrogens with zero attached hydrogens (tertiary/aromatic N) is 4. The van der Waals surface area contributed by atoms with E-state index in [4.69, 9.17) is 0 Å². The minimum absolute atomic E-state index is 0.457. The second kappa shape index (κ2) is 4.49. The molecule has 2 rings (SSSR count). The molecule has 0 saturated heterocycles. The Morgan fingerprint density at radius 3 is 2.88 bits per heavy atom. The van der Waals surface area contributed by atoms with Crippen LogP contribution in [0.15, 0.2) is 24.8 Å². The Bertz CT molecular complexity index is 458. The van der Waals surface area contributed by atoms with Crippen LogP contribution in [0.25, 0.3) is 0 Å². The Labute approximate surface area is 94.4 Å². The van der Waals surface area contributed by atoms with Crippen LogP contribution >= 0.6 is 0 Å². The predicted molar refractivity (Wildman–Crippen MR) is 59.8 cm³/mol. The number of rotatable bonds is 4. The van der Waals surface area contributed by atoms with Crippen molar-refractivity contribution in [1.29, 1.82) is 0 Å². The van der Waals surface area contributed by atoms with Gasteiger partial charge < -0.3 is 9.67 Å². The summed E-state index contributed by atoms with van der Waals surface area (Å²) in [5.41, 5.74) is 0.847. The largest absolute Gasteiger partial charge is 0.389 e. The zero-order valence-electron chi connectivity index (χ0n) is 9.54. The highest BCUT2D eigenvalue weighted by Gasteiger charge is 2.05. The first-order valence-corrected chi connectivity index (χ1v) is 5.33. The van der Waals surface area contributed by atoms with E-state index in [-0.39, 0.29) is 0 Å². The zero-order valence-corrected chi connectivity index (χ0v) is 9.54. The number of aliphatic hydroxyl groups is 1. The quantitative estimate of drug-likeness (QED) is 0.833. The Balaban J connectivity index is 1.97. The van der Waals surface area contributed by atoms with Crippen molar-refractivity contribution in [3.8, 4) is 0 Å². The zero-order chi connectivity index (χ0) is 11.5. The van der Waals surface area contributed by atoms with Gasteiger partial charge in [0.25, 0.3) is 0 Å². The fourth-order valence-electron chi connectivity index (χ4n) is 1.57. The fourth-order valence-corrected chi connectivity index (χ4v) is 1.57. The molecule has 0 spiro atoms. The molecule has 1 N–H and O–H groups in total. The van der Waals surface area contributed by atoms with E-state index in [9.17, 15) is 5.11 Å². The smallest absolute Gasteiger partial charge is 0.110 e. The maximum atomic E-state index is 9.36. The third kappa shape index (κ3) is 2.30. The lowest BCUT2D eigenvalue weighted by atomic mass is 10.2. The average molecular weight is 220 g/mol. The first-order chi connectivity index (χ1) is 7.66. The molecule has 1 unspecified atom stereocenters. The molecule has 5 nitrogen and oxygen atoms in total. The molecule has 0 fully saturated rings. The maximum Gasteiger partial charge on any atom is 0.110 e. The highest BCUT2D eigenvalue weighted by Crippen LogP contribution is 2.10. The molecule has 0 saturated carbocycles. The molecule has 0 aliphatic heterocycles. The van der Waals surface area contributed by atoms with E-state index in [1.807, 2.05) is 28.7 Å². The monoisotopic (exact) mass is 220 g/mol. The average Bonchev–Trinajstić information content (AvgIpc) is 2.83. The van der Waals surface area contributed by atoms with Crippen molar-refractivity contribution < 1.29 is 5.11 Å². The van der Waals surface area contributed by atoms with E-state index in [1.165, 1.54) is 0 Å². The number of aliphatic hydroxyl groups excluding tert-OH is 1. The van der Waals surface area contributed by atoms with E-state index in [2.05, 4.69) is 10.1 Å². The van der Waals surface area contributed by atoms with Crippen LogP contribution in [0.4, 0.5) is 0 Å². The Kier molecular flexibility index (Phi) is 3.05. The standard InChI is InChI=1S/C11H16N4O/c1-9(16)10-7-13-15(8-10)5-3-11-12-4-6-14(11)2/h4,6-9,16H,3,5H2,1-2H3. The second-order valence-electron chi connectivity index (χ2n) is 3.92. The second-order valence-corrected chi connectivity index (χ2v) is 3.92. The number of hydrogen-bond donors (Lipinski definition) is 1. The summed E-state index contributed by atoms with van der Waals surface area (Å²) < 4.78 is 3.83. The molecule has 2 heterocycles. The van der Waals surface area contributed by atoms with Crippen molar-refractivity contribution >= 4 is 0 Å². The molecule has 16 heavy (non-hydrogen) atoms. The molecule has 5 heteroatoms. The van der Waals surface area contributed by atoms with Gasteiger partial charge in [0.15, 0.2) is 0 Å². The van der Waals surface area contributed by atoms with Gasteiger partial charge in [0, 0.05) is 44.2 Å². The van der Waals surface area contributed by atoms with Crippen LogP contribution in [0, 0.1) is 0 Å². The van der Waals surface area contributed by atoms with Crippen LogP contribution in [-0.2, 0) is 20.0 Å². The van der Waals surface area contributed by atoms with Gasteiger partial charge in [-0.3, -0.25) is 4.68 Å².